The minimum absolute atomic E-state index is 0.109. The van der Waals surface area contributed by atoms with Crippen LogP contribution in [0.3, 0.4) is 0 Å². The molecule has 6 heteroatoms. The Hall–Kier alpha value is -0.780. The second-order valence-corrected chi connectivity index (χ2v) is 6.07. The van der Waals surface area contributed by atoms with Crippen LogP contribution in [0.4, 0.5) is 0 Å². The molecule has 0 radical (unpaired) electrons. The van der Waals surface area contributed by atoms with Gasteiger partial charge in [-0.25, -0.2) is 8.42 Å². The van der Waals surface area contributed by atoms with Gasteiger partial charge in [0.05, 0.1) is 0 Å². The highest BCUT2D eigenvalue weighted by molar-refractivity contribution is 7.89. The molecule has 1 aliphatic rings. The molecule has 0 bridgehead atoms. The number of hydrogen-bond acceptors (Lipinski definition) is 3. The molecule has 0 aromatic heterocycles. The van der Waals surface area contributed by atoms with Crippen LogP contribution in [-0.2, 0) is 10.0 Å². The molecule has 2 rings (SSSR count). The van der Waals surface area contributed by atoms with E-state index in [1.807, 2.05) is 0 Å². The van der Waals surface area contributed by atoms with Crippen molar-refractivity contribution in [1.82, 2.24) is 4.31 Å². The Morgan fingerprint density at radius 3 is 2.50 bits per heavy atom. The van der Waals surface area contributed by atoms with Crippen LogP contribution in [0.1, 0.15) is 12.8 Å². The van der Waals surface area contributed by atoms with Gasteiger partial charge >= 0.3 is 0 Å². The van der Waals surface area contributed by atoms with Crippen LogP contribution in [-0.4, -0.2) is 30.9 Å². The van der Waals surface area contributed by atoms with Gasteiger partial charge in [-0.3, -0.25) is 0 Å². The standard InChI is InChI=1S/C10H12ClNO3S/c11-8-3-4-9(13)10(7-8)16(14,15)12-5-1-2-6-12/h3-4,7,13H,1-2,5-6H2. The van der Waals surface area contributed by atoms with Gasteiger partial charge in [0.1, 0.15) is 10.6 Å². The quantitative estimate of drug-likeness (QED) is 0.884. The molecule has 4 nitrogen and oxygen atoms in total. The average molecular weight is 262 g/mol. The Balaban J connectivity index is 2.46. The van der Waals surface area contributed by atoms with Crippen molar-refractivity contribution >= 4 is 21.6 Å². The Labute approximate surface area is 99.5 Å². The fourth-order valence-electron chi connectivity index (χ4n) is 1.76. The smallest absolute Gasteiger partial charge is 0.246 e. The fourth-order valence-corrected chi connectivity index (χ4v) is 3.62. The summed E-state index contributed by atoms with van der Waals surface area (Å²) in [5.41, 5.74) is 0. The monoisotopic (exact) mass is 261 g/mol. The molecule has 0 spiro atoms. The third kappa shape index (κ3) is 2.03. The van der Waals surface area contributed by atoms with Gasteiger partial charge in [0.15, 0.2) is 0 Å². The van der Waals surface area contributed by atoms with E-state index in [9.17, 15) is 13.5 Å². The number of phenols is 1. The number of aromatic hydroxyl groups is 1. The Kier molecular flexibility index (Phi) is 3.10. The molecule has 16 heavy (non-hydrogen) atoms. The predicted molar refractivity (Wildman–Crippen MR) is 61.1 cm³/mol. The van der Waals surface area contributed by atoms with Crippen molar-refractivity contribution in [2.75, 3.05) is 13.1 Å². The van der Waals surface area contributed by atoms with Gasteiger partial charge in [-0.05, 0) is 31.0 Å². The normalized spacial score (nSPS) is 17.8. The third-order valence-electron chi connectivity index (χ3n) is 2.60. The van der Waals surface area contributed by atoms with Crippen LogP contribution in [0.25, 0.3) is 0 Å². The molecule has 88 valence electrons. The van der Waals surface area contributed by atoms with E-state index >= 15 is 0 Å². The molecule has 0 atom stereocenters. The van der Waals surface area contributed by atoms with Crippen LogP contribution in [0, 0.1) is 0 Å². The molecular weight excluding hydrogens is 250 g/mol. The van der Waals surface area contributed by atoms with Gasteiger partial charge in [0.25, 0.3) is 0 Å². The summed E-state index contributed by atoms with van der Waals surface area (Å²) in [6.45, 7) is 1.02. The van der Waals surface area contributed by atoms with Gasteiger partial charge in [-0.1, -0.05) is 11.6 Å². The molecule has 0 unspecified atom stereocenters. The van der Waals surface area contributed by atoms with Gasteiger partial charge in [-0.15, -0.1) is 0 Å². The number of hydrogen-bond donors (Lipinski definition) is 1. The first-order chi connectivity index (χ1) is 7.51. The van der Waals surface area contributed by atoms with Crippen LogP contribution >= 0.6 is 11.6 Å². The summed E-state index contributed by atoms with van der Waals surface area (Å²) in [6, 6.07) is 4.04. The van der Waals surface area contributed by atoms with Gasteiger partial charge in [0, 0.05) is 18.1 Å². The van der Waals surface area contributed by atoms with E-state index in [1.54, 1.807) is 0 Å². The van der Waals surface area contributed by atoms with Crippen LogP contribution in [0.15, 0.2) is 23.1 Å². The molecule has 1 aliphatic heterocycles. The third-order valence-corrected chi connectivity index (χ3v) is 4.77. The molecule has 1 aromatic rings. The van der Waals surface area contributed by atoms with E-state index in [0.29, 0.717) is 18.1 Å². The number of sulfonamides is 1. The second-order valence-electron chi connectivity index (χ2n) is 3.72. The van der Waals surface area contributed by atoms with Crippen molar-refractivity contribution in [2.24, 2.45) is 0 Å². The maximum absolute atomic E-state index is 12.1. The van der Waals surface area contributed by atoms with Crippen molar-refractivity contribution in [1.29, 1.82) is 0 Å². The van der Waals surface area contributed by atoms with Crippen molar-refractivity contribution in [3.63, 3.8) is 0 Å². The number of phenolic OH excluding ortho intramolecular Hbond substituents is 1. The van der Waals surface area contributed by atoms with Gasteiger partial charge < -0.3 is 5.11 Å². The highest BCUT2D eigenvalue weighted by Crippen LogP contribution is 2.30. The van der Waals surface area contributed by atoms with Crippen LogP contribution in [0.5, 0.6) is 5.75 Å². The molecular formula is C10H12ClNO3S. The van der Waals surface area contributed by atoms with E-state index in [1.165, 1.54) is 22.5 Å². The predicted octanol–water partition coefficient (Wildman–Crippen LogP) is 1.83. The summed E-state index contributed by atoms with van der Waals surface area (Å²) in [5, 5.41) is 9.87. The van der Waals surface area contributed by atoms with Gasteiger partial charge in [0.2, 0.25) is 10.0 Å². The van der Waals surface area contributed by atoms with Gasteiger partial charge in [-0.2, -0.15) is 4.31 Å². The first-order valence-corrected chi connectivity index (χ1v) is 6.82. The molecule has 1 aromatic carbocycles. The summed E-state index contributed by atoms with van der Waals surface area (Å²) in [5.74, 6) is -0.253. The zero-order valence-corrected chi connectivity index (χ0v) is 10.1. The number of nitrogens with zero attached hydrogens (tertiary/aromatic N) is 1. The van der Waals surface area contributed by atoms with Crippen LogP contribution in [0.2, 0.25) is 5.02 Å². The largest absolute Gasteiger partial charge is 0.507 e. The molecule has 1 fully saturated rings. The van der Waals surface area contributed by atoms with Crippen molar-refractivity contribution in [3.05, 3.63) is 23.2 Å². The maximum atomic E-state index is 12.1. The Bertz CT molecular complexity index is 495. The molecule has 0 aliphatic carbocycles. The lowest BCUT2D eigenvalue weighted by Gasteiger charge is -2.16. The summed E-state index contributed by atoms with van der Waals surface area (Å²) in [6.07, 6.45) is 1.72. The maximum Gasteiger partial charge on any atom is 0.246 e. The summed E-state index contributed by atoms with van der Waals surface area (Å²) in [7, 11) is -3.59. The topological polar surface area (TPSA) is 57.6 Å². The molecule has 1 heterocycles. The van der Waals surface area contributed by atoms with E-state index in [4.69, 9.17) is 11.6 Å². The first-order valence-electron chi connectivity index (χ1n) is 5.00. The SMILES string of the molecule is O=S(=O)(c1cc(Cl)ccc1O)N1CCCC1. The molecule has 1 saturated heterocycles. The highest BCUT2D eigenvalue weighted by Gasteiger charge is 2.29. The fraction of sp³-hybridized carbons (Fsp3) is 0.400. The number of halogens is 1. The Morgan fingerprint density at radius 1 is 1.25 bits per heavy atom. The van der Waals surface area contributed by atoms with Crippen molar-refractivity contribution in [3.8, 4) is 5.75 Å². The minimum atomic E-state index is -3.59. The molecule has 0 saturated carbocycles. The molecule has 1 N–H and O–H groups in total. The Morgan fingerprint density at radius 2 is 1.88 bits per heavy atom. The lowest BCUT2D eigenvalue weighted by atomic mass is 10.3. The number of benzene rings is 1. The second kappa shape index (κ2) is 4.24. The van der Waals surface area contributed by atoms with E-state index < -0.39 is 10.0 Å². The first kappa shape index (κ1) is 11.7. The zero-order chi connectivity index (χ0) is 11.8. The number of rotatable bonds is 2. The van der Waals surface area contributed by atoms with E-state index in [-0.39, 0.29) is 10.6 Å². The summed E-state index contributed by atoms with van der Waals surface area (Å²) in [4.78, 5) is -0.109. The van der Waals surface area contributed by atoms with E-state index in [2.05, 4.69) is 0 Å². The summed E-state index contributed by atoms with van der Waals surface area (Å²) < 4.78 is 25.6. The average Bonchev–Trinajstić information content (AvgIpc) is 2.75. The van der Waals surface area contributed by atoms with Crippen molar-refractivity contribution in [2.45, 2.75) is 17.7 Å². The minimum Gasteiger partial charge on any atom is -0.507 e. The zero-order valence-electron chi connectivity index (χ0n) is 8.56. The summed E-state index contributed by atoms with van der Waals surface area (Å²) >= 11 is 5.74. The lowest BCUT2D eigenvalue weighted by Crippen LogP contribution is -2.27. The van der Waals surface area contributed by atoms with Crippen LogP contribution < -0.4 is 0 Å². The van der Waals surface area contributed by atoms with Crippen molar-refractivity contribution < 1.29 is 13.5 Å². The highest BCUT2D eigenvalue weighted by atomic mass is 35.5. The molecule has 0 amide bonds. The van der Waals surface area contributed by atoms with E-state index in [0.717, 1.165) is 12.8 Å². The lowest BCUT2D eigenvalue weighted by molar-refractivity contribution is 0.443.